The van der Waals surface area contributed by atoms with Crippen molar-refractivity contribution in [3.63, 3.8) is 0 Å². The Kier molecular flexibility index (Phi) is 6.80. The molecule has 0 bridgehead atoms. The fourth-order valence-electron chi connectivity index (χ4n) is 4.27. The molecular formula is C23H29N3O4S. The van der Waals surface area contributed by atoms with E-state index in [1.165, 1.54) is 0 Å². The molecule has 1 aliphatic rings. The molecule has 0 amide bonds. The minimum atomic E-state index is -0.356. The van der Waals surface area contributed by atoms with E-state index in [0.29, 0.717) is 23.2 Å². The minimum Gasteiger partial charge on any atom is -0.493 e. The smallest absolute Gasteiger partial charge is 0.203 e. The lowest BCUT2D eigenvalue weighted by molar-refractivity contribution is 0.0591. The molecule has 1 aromatic carbocycles. The topological polar surface area (TPSA) is 79.8 Å². The van der Waals surface area contributed by atoms with E-state index in [4.69, 9.17) is 14.2 Å². The second-order valence-electron chi connectivity index (χ2n) is 7.76. The van der Waals surface area contributed by atoms with Crippen molar-refractivity contribution < 1.29 is 19.3 Å². The van der Waals surface area contributed by atoms with Gasteiger partial charge in [0.15, 0.2) is 11.5 Å². The number of thiophene rings is 1. The van der Waals surface area contributed by atoms with Crippen molar-refractivity contribution >= 4 is 11.3 Å². The number of aromatic amines is 1. The summed E-state index contributed by atoms with van der Waals surface area (Å²) in [4.78, 5) is 3.49. The molecule has 0 saturated carbocycles. The molecule has 1 unspecified atom stereocenters. The highest BCUT2D eigenvalue weighted by atomic mass is 32.1. The first kappa shape index (κ1) is 21.7. The zero-order valence-corrected chi connectivity index (χ0v) is 18.9. The van der Waals surface area contributed by atoms with Gasteiger partial charge in [0, 0.05) is 22.5 Å². The molecule has 0 spiro atoms. The predicted octanol–water partition coefficient (Wildman–Crippen LogP) is 4.11. The van der Waals surface area contributed by atoms with Gasteiger partial charge in [0.2, 0.25) is 5.75 Å². The van der Waals surface area contributed by atoms with Gasteiger partial charge < -0.3 is 19.3 Å². The van der Waals surface area contributed by atoms with E-state index in [-0.39, 0.29) is 6.10 Å². The number of aromatic nitrogens is 2. The molecule has 31 heavy (non-hydrogen) atoms. The molecular weight excluding hydrogens is 414 g/mol. The van der Waals surface area contributed by atoms with Gasteiger partial charge >= 0.3 is 0 Å². The average molecular weight is 444 g/mol. The number of methoxy groups -OCH3 is 3. The number of piperidine rings is 1. The van der Waals surface area contributed by atoms with E-state index >= 15 is 0 Å². The fraction of sp³-hybridized carbons (Fsp3) is 0.435. The maximum atomic E-state index is 10.7. The van der Waals surface area contributed by atoms with Crippen LogP contribution in [0.5, 0.6) is 17.2 Å². The van der Waals surface area contributed by atoms with Gasteiger partial charge in [0.1, 0.15) is 0 Å². The average Bonchev–Trinajstić information content (AvgIpc) is 3.50. The van der Waals surface area contributed by atoms with Gasteiger partial charge in [-0.25, -0.2) is 0 Å². The Balaban J connectivity index is 1.46. The summed E-state index contributed by atoms with van der Waals surface area (Å²) in [5.41, 5.74) is 3.00. The van der Waals surface area contributed by atoms with E-state index < -0.39 is 0 Å². The van der Waals surface area contributed by atoms with Crippen molar-refractivity contribution in [1.82, 2.24) is 15.1 Å². The number of rotatable bonds is 8. The van der Waals surface area contributed by atoms with Crippen LogP contribution in [0, 0.1) is 5.92 Å². The molecule has 0 radical (unpaired) electrons. The Hall–Kier alpha value is -2.55. The quantitative estimate of drug-likeness (QED) is 0.545. The highest BCUT2D eigenvalue weighted by molar-refractivity contribution is 7.10. The van der Waals surface area contributed by atoms with Crippen LogP contribution in [0.25, 0.3) is 11.3 Å². The molecule has 4 rings (SSSR count). The summed E-state index contributed by atoms with van der Waals surface area (Å²) in [6, 6.07) is 7.89. The van der Waals surface area contributed by atoms with Crippen LogP contribution in [0.2, 0.25) is 0 Å². The van der Waals surface area contributed by atoms with Crippen LogP contribution in [-0.2, 0) is 6.54 Å². The van der Waals surface area contributed by atoms with E-state index in [9.17, 15) is 5.11 Å². The summed E-state index contributed by atoms with van der Waals surface area (Å²) in [7, 11) is 4.83. The predicted molar refractivity (Wildman–Crippen MR) is 121 cm³/mol. The monoisotopic (exact) mass is 443 g/mol. The van der Waals surface area contributed by atoms with Gasteiger partial charge in [-0.05, 0) is 55.4 Å². The van der Waals surface area contributed by atoms with E-state index in [2.05, 4.69) is 15.1 Å². The molecule has 1 atom stereocenters. The molecule has 2 N–H and O–H groups in total. The van der Waals surface area contributed by atoms with Crippen molar-refractivity contribution in [3.05, 3.63) is 46.3 Å². The summed E-state index contributed by atoms with van der Waals surface area (Å²) in [6.07, 6.45) is 3.49. The van der Waals surface area contributed by atoms with Gasteiger partial charge in [0.05, 0.1) is 39.3 Å². The number of ether oxygens (including phenoxy) is 3. The first-order valence-electron chi connectivity index (χ1n) is 10.4. The molecule has 0 aliphatic carbocycles. The van der Waals surface area contributed by atoms with Crippen molar-refractivity contribution in [2.45, 2.75) is 25.5 Å². The van der Waals surface area contributed by atoms with Crippen LogP contribution < -0.4 is 14.2 Å². The largest absolute Gasteiger partial charge is 0.493 e. The normalized spacial score (nSPS) is 16.3. The van der Waals surface area contributed by atoms with Crippen molar-refractivity contribution in [2.24, 2.45) is 5.92 Å². The van der Waals surface area contributed by atoms with Crippen LogP contribution in [0.1, 0.15) is 29.4 Å². The first-order chi connectivity index (χ1) is 15.1. The van der Waals surface area contributed by atoms with Crippen LogP contribution in [0.15, 0.2) is 35.8 Å². The highest BCUT2D eigenvalue weighted by Crippen LogP contribution is 2.41. The zero-order valence-electron chi connectivity index (χ0n) is 18.1. The lowest BCUT2D eigenvalue weighted by Crippen LogP contribution is -2.35. The van der Waals surface area contributed by atoms with Gasteiger partial charge in [-0.2, -0.15) is 5.10 Å². The molecule has 1 aliphatic heterocycles. The number of nitrogens with zero attached hydrogens (tertiary/aromatic N) is 2. The molecule has 3 aromatic rings. The van der Waals surface area contributed by atoms with Crippen molar-refractivity contribution in [3.8, 4) is 28.5 Å². The van der Waals surface area contributed by atoms with Crippen LogP contribution in [0.4, 0.5) is 0 Å². The second kappa shape index (κ2) is 9.72. The number of aliphatic hydroxyl groups excluding tert-OH is 1. The van der Waals surface area contributed by atoms with Gasteiger partial charge in [-0.3, -0.25) is 10.00 Å². The number of nitrogens with one attached hydrogen (secondary N) is 1. The highest BCUT2D eigenvalue weighted by Gasteiger charge is 2.27. The number of likely N-dealkylation sites (tertiary alicyclic amines) is 1. The number of aliphatic hydroxyl groups is 1. The number of hydrogen-bond acceptors (Lipinski definition) is 7. The third kappa shape index (κ3) is 4.56. The van der Waals surface area contributed by atoms with Gasteiger partial charge in [-0.15, -0.1) is 11.3 Å². The lowest BCUT2D eigenvalue weighted by atomic mass is 9.90. The van der Waals surface area contributed by atoms with E-state index in [1.807, 2.05) is 35.8 Å². The molecule has 3 heterocycles. The summed E-state index contributed by atoms with van der Waals surface area (Å²) in [6.45, 7) is 2.70. The summed E-state index contributed by atoms with van der Waals surface area (Å²) in [5.74, 6) is 2.11. The SMILES string of the molecule is COc1cc(-c2[nH]ncc2CN2CCC(C(O)c3cccs3)CC2)cc(OC)c1OC. The first-order valence-corrected chi connectivity index (χ1v) is 11.3. The van der Waals surface area contributed by atoms with Crippen LogP contribution in [-0.4, -0.2) is 54.6 Å². The number of hydrogen-bond donors (Lipinski definition) is 2. The maximum Gasteiger partial charge on any atom is 0.203 e. The third-order valence-corrected chi connectivity index (χ3v) is 6.92. The molecule has 166 valence electrons. The molecule has 2 aromatic heterocycles. The standard InChI is InChI=1S/C23H29N3O4S/c1-28-18-11-16(12-19(29-2)23(18)30-3)21-17(13-24-25-21)14-26-8-6-15(7-9-26)22(27)20-5-4-10-31-20/h4-5,10-13,15,22,27H,6-9,14H2,1-3H3,(H,24,25). The lowest BCUT2D eigenvalue weighted by Gasteiger charge is -2.34. The van der Waals surface area contributed by atoms with E-state index in [0.717, 1.165) is 54.2 Å². The number of benzene rings is 1. The summed E-state index contributed by atoms with van der Waals surface area (Å²) < 4.78 is 16.4. The fourth-order valence-corrected chi connectivity index (χ4v) is 5.07. The van der Waals surface area contributed by atoms with Gasteiger partial charge in [0.25, 0.3) is 0 Å². The molecule has 7 nitrogen and oxygen atoms in total. The third-order valence-electron chi connectivity index (χ3n) is 5.98. The van der Waals surface area contributed by atoms with E-state index in [1.54, 1.807) is 32.7 Å². The molecule has 1 fully saturated rings. The maximum absolute atomic E-state index is 10.7. The Morgan fingerprint density at radius 1 is 1.16 bits per heavy atom. The van der Waals surface area contributed by atoms with Crippen LogP contribution >= 0.6 is 11.3 Å². The van der Waals surface area contributed by atoms with Gasteiger partial charge in [-0.1, -0.05) is 6.07 Å². The Bertz CT molecular complexity index is 956. The minimum absolute atomic E-state index is 0.314. The Labute approximate surface area is 186 Å². The van der Waals surface area contributed by atoms with Crippen molar-refractivity contribution in [1.29, 1.82) is 0 Å². The summed E-state index contributed by atoms with van der Waals surface area (Å²) >= 11 is 1.63. The number of H-pyrrole nitrogens is 1. The van der Waals surface area contributed by atoms with Crippen molar-refractivity contribution in [2.75, 3.05) is 34.4 Å². The Morgan fingerprint density at radius 2 is 1.87 bits per heavy atom. The molecule has 1 saturated heterocycles. The zero-order chi connectivity index (χ0) is 21.8. The Morgan fingerprint density at radius 3 is 2.45 bits per heavy atom. The second-order valence-corrected chi connectivity index (χ2v) is 8.74. The van der Waals surface area contributed by atoms with Crippen LogP contribution in [0.3, 0.4) is 0 Å². The molecule has 8 heteroatoms. The summed E-state index contributed by atoms with van der Waals surface area (Å²) in [5, 5.41) is 20.1.